The molecule has 2 heterocycles. The van der Waals surface area contributed by atoms with Crippen molar-refractivity contribution in [2.75, 3.05) is 18.0 Å². The molecule has 4 nitrogen and oxygen atoms in total. The average molecular weight is 273 g/mol. The molecule has 1 saturated heterocycles. The van der Waals surface area contributed by atoms with Gasteiger partial charge < -0.3 is 14.4 Å². The number of ketones is 1. The van der Waals surface area contributed by atoms with Crippen LogP contribution in [0.3, 0.4) is 0 Å². The Morgan fingerprint density at radius 3 is 2.32 bits per heavy atom. The van der Waals surface area contributed by atoms with Crippen molar-refractivity contribution in [1.29, 1.82) is 0 Å². The standard InChI is InChI=1S/C12H10F3NO3/c13-8-5-10-11(19-12(14,15)18-10)6-9(8)16-3-1-7(17)2-4-16/h5-6H,1-4H2. The first kappa shape index (κ1) is 12.1. The molecule has 2 aliphatic rings. The van der Waals surface area contributed by atoms with E-state index in [2.05, 4.69) is 9.47 Å². The lowest BCUT2D eigenvalue weighted by molar-refractivity contribution is -0.286. The van der Waals surface area contributed by atoms with E-state index in [-0.39, 0.29) is 23.0 Å². The number of carbonyl (C=O) groups excluding carboxylic acids is 1. The summed E-state index contributed by atoms with van der Waals surface area (Å²) in [6.07, 6.45) is -3.11. The summed E-state index contributed by atoms with van der Waals surface area (Å²) >= 11 is 0. The van der Waals surface area contributed by atoms with Crippen molar-refractivity contribution >= 4 is 11.5 Å². The molecule has 0 spiro atoms. The molecule has 0 unspecified atom stereocenters. The molecule has 3 rings (SSSR count). The second-order valence-electron chi connectivity index (χ2n) is 4.44. The molecule has 0 radical (unpaired) electrons. The van der Waals surface area contributed by atoms with E-state index in [4.69, 9.17) is 0 Å². The zero-order valence-corrected chi connectivity index (χ0v) is 9.79. The van der Waals surface area contributed by atoms with Gasteiger partial charge in [0.15, 0.2) is 11.5 Å². The number of alkyl halides is 2. The van der Waals surface area contributed by atoms with Gasteiger partial charge in [-0.05, 0) is 0 Å². The molecule has 0 aromatic heterocycles. The summed E-state index contributed by atoms with van der Waals surface area (Å²) in [5.41, 5.74) is 0.146. The summed E-state index contributed by atoms with van der Waals surface area (Å²) < 4.78 is 48.1. The molecule has 19 heavy (non-hydrogen) atoms. The maximum absolute atomic E-state index is 13.9. The molecule has 0 N–H and O–H groups in total. The van der Waals surface area contributed by atoms with Crippen LogP contribution >= 0.6 is 0 Å². The van der Waals surface area contributed by atoms with Crippen molar-refractivity contribution in [2.45, 2.75) is 19.1 Å². The van der Waals surface area contributed by atoms with Gasteiger partial charge in [-0.3, -0.25) is 4.79 Å². The van der Waals surface area contributed by atoms with Crippen molar-refractivity contribution in [3.8, 4) is 11.5 Å². The highest BCUT2D eigenvalue weighted by Gasteiger charge is 2.44. The second-order valence-corrected chi connectivity index (χ2v) is 4.44. The topological polar surface area (TPSA) is 38.8 Å². The number of hydrogen-bond donors (Lipinski definition) is 0. The Morgan fingerprint density at radius 2 is 1.68 bits per heavy atom. The highest BCUT2D eigenvalue weighted by Crippen LogP contribution is 2.44. The fourth-order valence-corrected chi connectivity index (χ4v) is 2.20. The van der Waals surface area contributed by atoms with Gasteiger partial charge in [-0.25, -0.2) is 4.39 Å². The van der Waals surface area contributed by atoms with E-state index < -0.39 is 12.1 Å². The second kappa shape index (κ2) is 4.04. The zero-order valence-electron chi connectivity index (χ0n) is 9.79. The first-order valence-corrected chi connectivity index (χ1v) is 5.81. The molecule has 0 aliphatic carbocycles. The van der Waals surface area contributed by atoms with Gasteiger partial charge in [0.25, 0.3) is 0 Å². The Bertz CT molecular complexity index is 537. The third-order valence-corrected chi connectivity index (χ3v) is 3.13. The molecule has 0 amide bonds. The maximum Gasteiger partial charge on any atom is 0.586 e. The number of rotatable bonds is 1. The Kier molecular flexibility index (Phi) is 2.58. The number of carbonyl (C=O) groups is 1. The van der Waals surface area contributed by atoms with Crippen LogP contribution in [0, 0.1) is 5.82 Å². The Labute approximate surface area is 106 Å². The molecule has 102 valence electrons. The molecule has 1 aromatic carbocycles. The third kappa shape index (κ3) is 2.20. The van der Waals surface area contributed by atoms with Crippen LogP contribution in [0.25, 0.3) is 0 Å². The SMILES string of the molecule is O=C1CCN(c2cc3c(cc2F)OC(F)(F)O3)CC1. The number of Topliss-reactive ketones (excluding diaryl/α,β-unsaturated/α-hetero) is 1. The average Bonchev–Trinajstić information content (AvgIpc) is 2.62. The monoisotopic (exact) mass is 273 g/mol. The van der Waals surface area contributed by atoms with Gasteiger partial charge in [-0.15, -0.1) is 8.78 Å². The first-order valence-electron chi connectivity index (χ1n) is 5.81. The lowest BCUT2D eigenvalue weighted by atomic mass is 10.1. The van der Waals surface area contributed by atoms with Crippen molar-refractivity contribution in [3.63, 3.8) is 0 Å². The number of halogens is 3. The molecule has 0 bridgehead atoms. The Hall–Kier alpha value is -1.92. The number of benzene rings is 1. The fraction of sp³-hybridized carbons (Fsp3) is 0.417. The molecule has 1 fully saturated rings. The summed E-state index contributed by atoms with van der Waals surface area (Å²) in [5.74, 6) is -1.07. The Morgan fingerprint density at radius 1 is 1.11 bits per heavy atom. The van der Waals surface area contributed by atoms with Gasteiger partial charge in [0.1, 0.15) is 11.6 Å². The smallest absolute Gasteiger partial charge is 0.395 e. The molecular formula is C12H10F3NO3. The summed E-state index contributed by atoms with van der Waals surface area (Å²) in [6.45, 7) is 0.734. The molecule has 1 aromatic rings. The number of piperidine rings is 1. The van der Waals surface area contributed by atoms with Crippen LogP contribution in [-0.4, -0.2) is 25.2 Å². The molecule has 2 aliphatic heterocycles. The lowest BCUT2D eigenvalue weighted by Gasteiger charge is -2.28. The van der Waals surface area contributed by atoms with E-state index in [1.54, 1.807) is 4.90 Å². The first-order chi connectivity index (χ1) is 8.94. The highest BCUT2D eigenvalue weighted by molar-refractivity contribution is 5.81. The number of hydrogen-bond acceptors (Lipinski definition) is 4. The summed E-state index contributed by atoms with van der Waals surface area (Å²) in [6, 6.07) is 2.06. The van der Waals surface area contributed by atoms with E-state index in [9.17, 15) is 18.0 Å². The van der Waals surface area contributed by atoms with Crippen LogP contribution in [0.4, 0.5) is 18.9 Å². The van der Waals surface area contributed by atoms with Crippen LogP contribution in [0.1, 0.15) is 12.8 Å². The number of anilines is 1. The van der Waals surface area contributed by atoms with Crippen LogP contribution in [0.2, 0.25) is 0 Å². The minimum absolute atomic E-state index is 0.115. The minimum Gasteiger partial charge on any atom is -0.395 e. The van der Waals surface area contributed by atoms with E-state index >= 15 is 0 Å². The lowest BCUT2D eigenvalue weighted by Crippen LogP contribution is -2.34. The Balaban J connectivity index is 1.90. The fourth-order valence-electron chi connectivity index (χ4n) is 2.20. The molecule has 0 atom stereocenters. The summed E-state index contributed by atoms with van der Waals surface area (Å²) in [7, 11) is 0. The van der Waals surface area contributed by atoms with Crippen molar-refractivity contribution in [2.24, 2.45) is 0 Å². The predicted molar refractivity (Wildman–Crippen MR) is 59.1 cm³/mol. The van der Waals surface area contributed by atoms with Crippen LogP contribution in [-0.2, 0) is 4.79 Å². The predicted octanol–water partition coefficient (Wildman–Crippen LogP) is 2.32. The van der Waals surface area contributed by atoms with Crippen LogP contribution in [0.15, 0.2) is 12.1 Å². The molecular weight excluding hydrogens is 263 g/mol. The van der Waals surface area contributed by atoms with E-state index in [1.807, 2.05) is 0 Å². The van der Waals surface area contributed by atoms with Crippen molar-refractivity contribution in [3.05, 3.63) is 17.9 Å². The van der Waals surface area contributed by atoms with Gasteiger partial charge in [0.05, 0.1) is 5.69 Å². The van der Waals surface area contributed by atoms with Gasteiger partial charge in [0.2, 0.25) is 0 Å². The van der Waals surface area contributed by atoms with Crippen molar-refractivity contribution in [1.82, 2.24) is 0 Å². The zero-order chi connectivity index (χ0) is 13.6. The summed E-state index contributed by atoms with van der Waals surface area (Å²) in [4.78, 5) is 12.8. The number of ether oxygens (including phenoxy) is 2. The number of nitrogens with zero attached hydrogens (tertiary/aromatic N) is 1. The number of fused-ring (bicyclic) bond motifs is 1. The van der Waals surface area contributed by atoms with Crippen LogP contribution < -0.4 is 14.4 Å². The third-order valence-electron chi connectivity index (χ3n) is 3.13. The van der Waals surface area contributed by atoms with Crippen LogP contribution in [0.5, 0.6) is 11.5 Å². The van der Waals surface area contributed by atoms with Crippen molar-refractivity contribution < 1.29 is 27.4 Å². The quantitative estimate of drug-likeness (QED) is 0.787. The molecule has 0 saturated carbocycles. The van der Waals surface area contributed by atoms with Gasteiger partial charge in [0, 0.05) is 38.1 Å². The van der Waals surface area contributed by atoms with E-state index in [0.717, 1.165) is 6.07 Å². The largest absolute Gasteiger partial charge is 0.586 e. The van der Waals surface area contributed by atoms with Gasteiger partial charge in [-0.2, -0.15) is 0 Å². The minimum atomic E-state index is -3.76. The summed E-state index contributed by atoms with van der Waals surface area (Å²) in [5, 5.41) is 0. The molecule has 7 heteroatoms. The van der Waals surface area contributed by atoms with Gasteiger partial charge >= 0.3 is 6.29 Å². The maximum atomic E-state index is 13.9. The van der Waals surface area contributed by atoms with Gasteiger partial charge in [-0.1, -0.05) is 0 Å². The normalized spacial score (nSPS) is 20.8. The van der Waals surface area contributed by atoms with E-state index in [0.29, 0.717) is 25.9 Å². The van der Waals surface area contributed by atoms with E-state index in [1.165, 1.54) is 6.07 Å². The highest BCUT2D eigenvalue weighted by atomic mass is 19.3.